The number of fused-ring (bicyclic) bond motifs is 7. The van der Waals surface area contributed by atoms with Gasteiger partial charge in [-0.2, -0.15) is 0 Å². The summed E-state index contributed by atoms with van der Waals surface area (Å²) in [5.41, 5.74) is 7.40. The van der Waals surface area contributed by atoms with Crippen molar-refractivity contribution in [2.45, 2.75) is 0 Å². The second kappa shape index (κ2) is 9.55. The number of anilines is 3. The molecule has 0 amide bonds. The van der Waals surface area contributed by atoms with Crippen molar-refractivity contribution in [1.82, 2.24) is 4.98 Å². The van der Waals surface area contributed by atoms with Gasteiger partial charge in [-0.3, -0.25) is 4.98 Å². The van der Waals surface area contributed by atoms with E-state index >= 15 is 0 Å². The van der Waals surface area contributed by atoms with E-state index in [0.29, 0.717) is 0 Å². The van der Waals surface area contributed by atoms with Crippen molar-refractivity contribution in [3.05, 3.63) is 146 Å². The number of thiophene rings is 1. The molecule has 3 nitrogen and oxygen atoms in total. The molecule has 0 atom stereocenters. The highest BCUT2D eigenvalue weighted by Gasteiger charge is 2.21. The Balaban J connectivity index is 1.31. The lowest BCUT2D eigenvalue weighted by Crippen LogP contribution is -2.10. The first-order valence-corrected chi connectivity index (χ1v) is 15.2. The maximum Gasteiger partial charge on any atom is 0.137 e. The van der Waals surface area contributed by atoms with Crippen LogP contribution in [-0.2, 0) is 0 Å². The summed E-state index contributed by atoms with van der Waals surface area (Å²) >= 11 is 1.84. The normalized spacial score (nSPS) is 11.7. The van der Waals surface area contributed by atoms with E-state index in [1.165, 1.54) is 31.3 Å². The van der Waals surface area contributed by atoms with Crippen LogP contribution in [0.3, 0.4) is 0 Å². The molecule has 9 rings (SSSR count). The molecule has 3 heterocycles. The molecule has 0 bridgehead atoms. The van der Waals surface area contributed by atoms with Gasteiger partial charge in [-0.05, 0) is 83.2 Å². The quantitative estimate of drug-likeness (QED) is 0.211. The molecule has 3 aromatic heterocycles. The Labute approximate surface area is 251 Å². The van der Waals surface area contributed by atoms with Gasteiger partial charge in [0, 0.05) is 54.7 Å². The van der Waals surface area contributed by atoms with E-state index in [-0.39, 0.29) is 0 Å². The van der Waals surface area contributed by atoms with E-state index in [1.807, 2.05) is 23.7 Å². The highest BCUT2D eigenvalue weighted by molar-refractivity contribution is 7.25. The second-order valence-electron chi connectivity index (χ2n) is 10.9. The first kappa shape index (κ1) is 24.2. The molecular weight excluding hydrogens is 545 g/mol. The molecule has 0 radical (unpaired) electrons. The van der Waals surface area contributed by atoms with Crippen LogP contribution in [0.2, 0.25) is 0 Å². The van der Waals surface area contributed by atoms with E-state index < -0.39 is 0 Å². The Morgan fingerprint density at radius 2 is 1.33 bits per heavy atom. The minimum atomic E-state index is 0.863. The number of nitrogens with zero attached hydrogens (tertiary/aromatic N) is 2. The molecule has 0 saturated heterocycles. The van der Waals surface area contributed by atoms with E-state index in [4.69, 9.17) is 4.42 Å². The van der Waals surface area contributed by atoms with Gasteiger partial charge >= 0.3 is 0 Å². The Hall–Kier alpha value is -5.45. The lowest BCUT2D eigenvalue weighted by Gasteiger charge is -2.26. The average Bonchev–Trinajstić information content (AvgIpc) is 3.62. The average molecular weight is 569 g/mol. The number of aromatic nitrogens is 1. The van der Waals surface area contributed by atoms with E-state index in [1.54, 1.807) is 0 Å². The molecule has 0 fully saturated rings. The van der Waals surface area contributed by atoms with Crippen LogP contribution < -0.4 is 4.90 Å². The molecule has 202 valence electrons. The van der Waals surface area contributed by atoms with Gasteiger partial charge in [-0.25, -0.2) is 0 Å². The summed E-state index contributed by atoms with van der Waals surface area (Å²) in [6.45, 7) is 0. The summed E-state index contributed by atoms with van der Waals surface area (Å²) in [7, 11) is 0. The van der Waals surface area contributed by atoms with Gasteiger partial charge in [0.15, 0.2) is 0 Å². The summed E-state index contributed by atoms with van der Waals surface area (Å²) in [5, 5.41) is 6.96. The Morgan fingerprint density at radius 1 is 0.535 bits per heavy atom. The molecule has 0 spiro atoms. The fourth-order valence-corrected chi connectivity index (χ4v) is 7.38. The summed E-state index contributed by atoms with van der Waals surface area (Å²) < 4.78 is 9.05. The Bertz CT molecular complexity index is 2460. The maximum absolute atomic E-state index is 6.46. The lowest BCUT2D eigenvalue weighted by molar-refractivity contribution is 0.669. The van der Waals surface area contributed by atoms with Crippen LogP contribution in [0.15, 0.2) is 150 Å². The summed E-state index contributed by atoms with van der Waals surface area (Å²) in [6.07, 6.45) is 3.74. The van der Waals surface area contributed by atoms with Crippen LogP contribution in [0.1, 0.15) is 0 Å². The number of benzene rings is 6. The van der Waals surface area contributed by atoms with E-state index in [0.717, 1.165) is 49.8 Å². The predicted molar refractivity (Wildman–Crippen MR) is 182 cm³/mol. The molecule has 9 aromatic rings. The summed E-state index contributed by atoms with van der Waals surface area (Å²) in [5.74, 6) is 0. The molecule has 0 saturated carbocycles. The van der Waals surface area contributed by atoms with Crippen LogP contribution in [-0.4, -0.2) is 4.98 Å². The van der Waals surface area contributed by atoms with Crippen molar-refractivity contribution in [2.24, 2.45) is 0 Å². The number of rotatable bonds is 4. The molecule has 0 N–H and O–H groups in total. The molecule has 0 aliphatic rings. The Morgan fingerprint density at radius 3 is 2.23 bits per heavy atom. The van der Waals surface area contributed by atoms with Crippen molar-refractivity contribution in [1.29, 1.82) is 0 Å². The third-order valence-electron chi connectivity index (χ3n) is 8.32. The molecule has 43 heavy (non-hydrogen) atoms. The highest BCUT2D eigenvalue weighted by Crippen LogP contribution is 2.45. The summed E-state index contributed by atoms with van der Waals surface area (Å²) in [6, 6.07) is 47.7. The van der Waals surface area contributed by atoms with Gasteiger partial charge in [-0.1, -0.05) is 66.7 Å². The SMILES string of the molecule is c1ccc(-c2ccc(N(c3ccc4sc5ccccc5c4c3)c3cccc4oc5cc6cnccc6cc5c34)cc2)cc1. The maximum atomic E-state index is 6.46. The van der Waals surface area contributed by atoms with Crippen LogP contribution in [0.25, 0.3) is 64.0 Å². The largest absolute Gasteiger partial charge is 0.456 e. The van der Waals surface area contributed by atoms with Gasteiger partial charge in [0.25, 0.3) is 0 Å². The van der Waals surface area contributed by atoms with E-state index in [2.05, 4.69) is 143 Å². The zero-order chi connectivity index (χ0) is 28.3. The smallest absolute Gasteiger partial charge is 0.137 e. The van der Waals surface area contributed by atoms with Crippen molar-refractivity contribution >= 4 is 81.3 Å². The van der Waals surface area contributed by atoms with Crippen molar-refractivity contribution in [2.75, 3.05) is 4.90 Å². The van der Waals surface area contributed by atoms with Crippen LogP contribution in [0.4, 0.5) is 17.1 Å². The van der Waals surface area contributed by atoms with Crippen LogP contribution in [0, 0.1) is 0 Å². The second-order valence-corrected chi connectivity index (χ2v) is 11.9. The number of pyridine rings is 1. The number of furan rings is 1. The van der Waals surface area contributed by atoms with Crippen molar-refractivity contribution in [3.63, 3.8) is 0 Å². The molecule has 4 heteroatoms. The minimum absolute atomic E-state index is 0.863. The van der Waals surface area contributed by atoms with Crippen LogP contribution >= 0.6 is 11.3 Å². The van der Waals surface area contributed by atoms with Gasteiger partial charge in [0.2, 0.25) is 0 Å². The Kier molecular flexibility index (Phi) is 5.37. The predicted octanol–water partition coefficient (Wildman–Crippen LogP) is 11.6. The third-order valence-corrected chi connectivity index (χ3v) is 9.48. The standard InChI is InChI=1S/C39H24N2OS/c1-2-7-25(8-3-1)26-13-15-29(16-14-26)41(30-17-18-38-32(23-30)31-9-4-5-12-37(31)43-38)34-10-6-11-35-39(34)33-21-27-19-20-40-24-28(27)22-36(33)42-35/h1-24H. The molecular formula is C39H24N2OS. The van der Waals surface area contributed by atoms with Gasteiger partial charge < -0.3 is 9.32 Å². The molecule has 0 aliphatic heterocycles. The molecule has 6 aromatic carbocycles. The fourth-order valence-electron chi connectivity index (χ4n) is 6.29. The summed E-state index contributed by atoms with van der Waals surface area (Å²) in [4.78, 5) is 6.69. The zero-order valence-corrected chi connectivity index (χ0v) is 23.9. The first-order chi connectivity index (χ1) is 21.3. The van der Waals surface area contributed by atoms with Crippen LogP contribution in [0.5, 0.6) is 0 Å². The third kappa shape index (κ3) is 3.92. The monoisotopic (exact) mass is 568 g/mol. The van der Waals surface area contributed by atoms with Crippen molar-refractivity contribution < 1.29 is 4.42 Å². The van der Waals surface area contributed by atoms with Gasteiger partial charge in [0.05, 0.1) is 11.1 Å². The van der Waals surface area contributed by atoms with E-state index in [9.17, 15) is 0 Å². The topological polar surface area (TPSA) is 29.3 Å². The molecule has 0 aliphatic carbocycles. The number of hydrogen-bond donors (Lipinski definition) is 0. The first-order valence-electron chi connectivity index (χ1n) is 14.4. The van der Waals surface area contributed by atoms with Gasteiger partial charge in [-0.15, -0.1) is 11.3 Å². The van der Waals surface area contributed by atoms with Crippen molar-refractivity contribution in [3.8, 4) is 11.1 Å². The minimum Gasteiger partial charge on any atom is -0.456 e. The fraction of sp³-hybridized carbons (Fsp3) is 0. The molecule has 0 unspecified atom stereocenters. The zero-order valence-electron chi connectivity index (χ0n) is 23.1. The highest BCUT2D eigenvalue weighted by atomic mass is 32.1. The lowest BCUT2D eigenvalue weighted by atomic mass is 10.0. The van der Waals surface area contributed by atoms with Gasteiger partial charge in [0.1, 0.15) is 11.2 Å². The number of hydrogen-bond acceptors (Lipinski definition) is 4.